The molecule has 1 unspecified atom stereocenters. The Hall–Kier alpha value is -0.520. The van der Waals surface area contributed by atoms with Gasteiger partial charge in [-0.15, -0.1) is 0 Å². The van der Waals surface area contributed by atoms with Crippen molar-refractivity contribution in [2.45, 2.75) is 47.0 Å². The summed E-state index contributed by atoms with van der Waals surface area (Å²) in [5.41, 5.74) is 1.50. The maximum atomic E-state index is 2.31. The van der Waals surface area contributed by atoms with Crippen LogP contribution in [-0.4, -0.2) is 0 Å². The summed E-state index contributed by atoms with van der Waals surface area (Å²) in [6, 6.07) is 0. The molecule has 0 aromatic heterocycles. The molecule has 0 N–H and O–H groups in total. The van der Waals surface area contributed by atoms with Crippen molar-refractivity contribution in [2.75, 3.05) is 0 Å². The first kappa shape index (κ1) is 11.5. The van der Waals surface area contributed by atoms with E-state index in [9.17, 15) is 0 Å². The molecular weight excluding hydrogens is 144 g/mol. The molecule has 0 fully saturated rings. The topological polar surface area (TPSA) is 0 Å². The van der Waals surface area contributed by atoms with Crippen LogP contribution >= 0.6 is 0 Å². The van der Waals surface area contributed by atoms with E-state index in [0.29, 0.717) is 0 Å². The fourth-order valence-corrected chi connectivity index (χ4v) is 1.15. The predicted molar refractivity (Wildman–Crippen MR) is 57.3 cm³/mol. The van der Waals surface area contributed by atoms with E-state index < -0.39 is 0 Å². The average Bonchev–Trinajstić information content (AvgIpc) is 2.10. The summed E-state index contributed by atoms with van der Waals surface area (Å²) >= 11 is 0. The highest BCUT2D eigenvalue weighted by molar-refractivity contribution is 5.11. The van der Waals surface area contributed by atoms with E-state index in [-0.39, 0.29) is 0 Å². The molecular formula is C12H22. The number of hydrogen-bond acceptors (Lipinski definition) is 0. The van der Waals surface area contributed by atoms with Gasteiger partial charge in [-0.05, 0) is 26.2 Å². The second-order valence-corrected chi connectivity index (χ2v) is 3.48. The van der Waals surface area contributed by atoms with Crippen molar-refractivity contribution in [1.82, 2.24) is 0 Å². The van der Waals surface area contributed by atoms with Crippen LogP contribution in [-0.2, 0) is 0 Å². The third kappa shape index (κ3) is 5.17. The molecule has 0 aliphatic rings. The minimum Gasteiger partial charge on any atom is -0.0877 e. The third-order valence-electron chi connectivity index (χ3n) is 2.32. The van der Waals surface area contributed by atoms with Crippen LogP contribution in [0.3, 0.4) is 0 Å². The molecule has 0 radical (unpaired) electrons. The Morgan fingerprint density at radius 1 is 1.42 bits per heavy atom. The molecule has 0 saturated heterocycles. The molecule has 12 heavy (non-hydrogen) atoms. The van der Waals surface area contributed by atoms with Crippen molar-refractivity contribution >= 4 is 0 Å². The quantitative estimate of drug-likeness (QED) is 0.533. The first-order chi connectivity index (χ1) is 5.72. The van der Waals surface area contributed by atoms with Gasteiger partial charge in [-0.25, -0.2) is 0 Å². The lowest BCUT2D eigenvalue weighted by molar-refractivity contribution is 0.572. The van der Waals surface area contributed by atoms with Crippen LogP contribution in [0.15, 0.2) is 23.8 Å². The minimum absolute atomic E-state index is 0.751. The molecule has 0 spiro atoms. The van der Waals surface area contributed by atoms with Crippen molar-refractivity contribution in [2.24, 2.45) is 5.92 Å². The summed E-state index contributed by atoms with van der Waals surface area (Å²) in [4.78, 5) is 0. The van der Waals surface area contributed by atoms with E-state index in [1.54, 1.807) is 0 Å². The van der Waals surface area contributed by atoms with Crippen LogP contribution in [0.25, 0.3) is 0 Å². The van der Waals surface area contributed by atoms with E-state index in [1.807, 2.05) is 0 Å². The van der Waals surface area contributed by atoms with Gasteiger partial charge in [0.15, 0.2) is 0 Å². The monoisotopic (exact) mass is 166 g/mol. The van der Waals surface area contributed by atoms with Gasteiger partial charge in [-0.1, -0.05) is 50.5 Å². The molecule has 1 atom stereocenters. The van der Waals surface area contributed by atoms with Crippen molar-refractivity contribution in [3.05, 3.63) is 23.8 Å². The Kier molecular flexibility index (Phi) is 6.84. The zero-order valence-electron chi connectivity index (χ0n) is 8.93. The highest BCUT2D eigenvalue weighted by Gasteiger charge is 2.01. The van der Waals surface area contributed by atoms with Gasteiger partial charge in [0.25, 0.3) is 0 Å². The summed E-state index contributed by atoms with van der Waals surface area (Å²) in [5.74, 6) is 0.751. The zero-order valence-corrected chi connectivity index (χ0v) is 8.93. The Balaban J connectivity index is 3.82. The molecule has 0 bridgehead atoms. The van der Waals surface area contributed by atoms with Crippen molar-refractivity contribution < 1.29 is 0 Å². The standard InChI is InChI=1S/C12H22/c1-5-7-9-11(3)12(4)10-8-6-2/h5,7,9,12H,6,8,10H2,1-4H3. The van der Waals surface area contributed by atoms with Crippen LogP contribution in [0.4, 0.5) is 0 Å². The van der Waals surface area contributed by atoms with Gasteiger partial charge < -0.3 is 0 Å². The van der Waals surface area contributed by atoms with E-state index in [2.05, 4.69) is 45.9 Å². The second-order valence-electron chi connectivity index (χ2n) is 3.48. The van der Waals surface area contributed by atoms with E-state index >= 15 is 0 Å². The summed E-state index contributed by atoms with van der Waals surface area (Å²) in [6.07, 6.45) is 10.4. The van der Waals surface area contributed by atoms with Crippen LogP contribution < -0.4 is 0 Å². The van der Waals surface area contributed by atoms with Gasteiger partial charge in [0.2, 0.25) is 0 Å². The van der Waals surface area contributed by atoms with Crippen LogP contribution in [0.1, 0.15) is 47.0 Å². The summed E-state index contributed by atoms with van der Waals surface area (Å²) in [7, 11) is 0. The zero-order chi connectivity index (χ0) is 9.40. The predicted octanol–water partition coefficient (Wildman–Crippen LogP) is 4.34. The average molecular weight is 166 g/mol. The molecule has 0 heteroatoms. The molecule has 0 rings (SSSR count). The molecule has 0 aromatic carbocycles. The molecule has 0 nitrogen and oxygen atoms in total. The molecule has 0 aliphatic heterocycles. The third-order valence-corrected chi connectivity index (χ3v) is 2.32. The maximum absolute atomic E-state index is 2.31. The molecule has 70 valence electrons. The SMILES string of the molecule is CC=CC=C(C)C(C)CCCC. The fraction of sp³-hybridized carbons (Fsp3) is 0.667. The highest BCUT2D eigenvalue weighted by Crippen LogP contribution is 2.16. The largest absolute Gasteiger partial charge is 0.0877 e. The van der Waals surface area contributed by atoms with E-state index in [4.69, 9.17) is 0 Å². The van der Waals surface area contributed by atoms with Gasteiger partial charge in [-0.2, -0.15) is 0 Å². The molecule has 0 aromatic rings. The lowest BCUT2D eigenvalue weighted by Gasteiger charge is -2.10. The lowest BCUT2D eigenvalue weighted by atomic mass is 9.96. The van der Waals surface area contributed by atoms with E-state index in [1.165, 1.54) is 24.8 Å². The maximum Gasteiger partial charge on any atom is -0.0231 e. The van der Waals surface area contributed by atoms with Crippen molar-refractivity contribution in [3.8, 4) is 0 Å². The molecule has 0 aliphatic carbocycles. The van der Waals surface area contributed by atoms with Gasteiger partial charge in [-0.3, -0.25) is 0 Å². The Morgan fingerprint density at radius 3 is 2.58 bits per heavy atom. The van der Waals surface area contributed by atoms with Crippen LogP contribution in [0.5, 0.6) is 0 Å². The van der Waals surface area contributed by atoms with Crippen molar-refractivity contribution in [1.29, 1.82) is 0 Å². The molecule has 0 saturated carbocycles. The van der Waals surface area contributed by atoms with Gasteiger partial charge in [0.1, 0.15) is 0 Å². The Bertz CT molecular complexity index is 151. The molecule has 0 amide bonds. The molecule has 0 heterocycles. The second kappa shape index (κ2) is 7.15. The van der Waals surface area contributed by atoms with Crippen LogP contribution in [0, 0.1) is 5.92 Å². The summed E-state index contributed by atoms with van der Waals surface area (Å²) < 4.78 is 0. The van der Waals surface area contributed by atoms with E-state index in [0.717, 1.165) is 5.92 Å². The number of unbranched alkanes of at least 4 members (excludes halogenated alkanes) is 1. The summed E-state index contributed by atoms with van der Waals surface area (Å²) in [6.45, 7) is 8.84. The smallest absolute Gasteiger partial charge is 0.0231 e. The first-order valence-electron chi connectivity index (χ1n) is 5.01. The number of rotatable bonds is 5. The normalized spacial score (nSPS) is 15.5. The number of hydrogen-bond donors (Lipinski definition) is 0. The Labute approximate surface area is 77.4 Å². The fourth-order valence-electron chi connectivity index (χ4n) is 1.15. The Morgan fingerprint density at radius 2 is 2.08 bits per heavy atom. The van der Waals surface area contributed by atoms with Gasteiger partial charge in [0, 0.05) is 0 Å². The number of allylic oxidation sites excluding steroid dienone is 4. The van der Waals surface area contributed by atoms with Crippen molar-refractivity contribution in [3.63, 3.8) is 0 Å². The van der Waals surface area contributed by atoms with Gasteiger partial charge >= 0.3 is 0 Å². The minimum atomic E-state index is 0.751. The van der Waals surface area contributed by atoms with Gasteiger partial charge in [0.05, 0.1) is 0 Å². The first-order valence-corrected chi connectivity index (χ1v) is 5.01. The highest BCUT2D eigenvalue weighted by atomic mass is 14.1. The lowest BCUT2D eigenvalue weighted by Crippen LogP contribution is -1.95. The van der Waals surface area contributed by atoms with Crippen LogP contribution in [0.2, 0.25) is 0 Å². The summed E-state index contributed by atoms with van der Waals surface area (Å²) in [5, 5.41) is 0.